The van der Waals surface area contributed by atoms with E-state index in [1.807, 2.05) is 92.7 Å². The van der Waals surface area contributed by atoms with Gasteiger partial charge in [0.05, 0.1) is 19.0 Å². The van der Waals surface area contributed by atoms with Gasteiger partial charge in [0.25, 0.3) is 5.91 Å². The maximum absolute atomic E-state index is 13.8. The summed E-state index contributed by atoms with van der Waals surface area (Å²) < 4.78 is 10.9. The van der Waals surface area contributed by atoms with E-state index in [0.29, 0.717) is 23.6 Å². The van der Waals surface area contributed by atoms with Gasteiger partial charge in [0, 0.05) is 11.3 Å². The number of rotatable bonds is 8. The van der Waals surface area contributed by atoms with Gasteiger partial charge in [-0.1, -0.05) is 72.3 Å². The van der Waals surface area contributed by atoms with Crippen LogP contribution in [0.25, 0.3) is 0 Å². The van der Waals surface area contributed by atoms with Crippen molar-refractivity contribution in [3.05, 3.63) is 125 Å². The van der Waals surface area contributed by atoms with Gasteiger partial charge in [0.1, 0.15) is 0 Å². The number of hydrogen-bond acceptors (Lipinski definition) is 4. The molecule has 0 saturated heterocycles. The van der Waals surface area contributed by atoms with E-state index in [0.717, 1.165) is 27.9 Å². The molecule has 1 unspecified atom stereocenters. The van der Waals surface area contributed by atoms with E-state index < -0.39 is 0 Å². The number of amides is 2. The van der Waals surface area contributed by atoms with E-state index in [9.17, 15) is 9.59 Å². The van der Waals surface area contributed by atoms with Gasteiger partial charge < -0.3 is 19.7 Å². The predicted octanol–water partition coefficient (Wildman–Crippen LogP) is 5.99. The van der Waals surface area contributed by atoms with E-state index in [1.165, 1.54) is 0 Å². The van der Waals surface area contributed by atoms with Crippen LogP contribution in [0.15, 0.2) is 97.1 Å². The third-order valence-corrected chi connectivity index (χ3v) is 6.59. The number of fused-ring (bicyclic) bond motifs is 1. The van der Waals surface area contributed by atoms with Gasteiger partial charge in [-0.15, -0.1) is 0 Å². The minimum atomic E-state index is -0.164. The Labute approximate surface area is 222 Å². The number of carbonyl (C=O) groups excluding carboxylic acids is 2. The highest BCUT2D eigenvalue weighted by Crippen LogP contribution is 2.33. The van der Waals surface area contributed by atoms with Crippen LogP contribution in [0.2, 0.25) is 0 Å². The fraction of sp³-hybridized carbons (Fsp3) is 0.188. The quantitative estimate of drug-likeness (QED) is 0.319. The van der Waals surface area contributed by atoms with Gasteiger partial charge in [0.15, 0.2) is 11.5 Å². The van der Waals surface area contributed by atoms with Gasteiger partial charge >= 0.3 is 0 Å². The van der Waals surface area contributed by atoms with Gasteiger partial charge in [-0.25, -0.2) is 0 Å². The van der Waals surface area contributed by atoms with Crippen LogP contribution in [0.1, 0.15) is 45.6 Å². The lowest BCUT2D eigenvalue weighted by molar-refractivity contribution is -0.121. The smallest absolute Gasteiger partial charge is 0.258 e. The molecule has 4 aromatic carbocycles. The molecule has 6 nitrogen and oxygen atoms in total. The molecule has 0 aromatic heterocycles. The zero-order chi connectivity index (χ0) is 26.5. The first-order chi connectivity index (χ1) is 18.5. The Bertz CT molecular complexity index is 1430. The van der Waals surface area contributed by atoms with Crippen molar-refractivity contribution in [1.29, 1.82) is 0 Å². The molecule has 5 rings (SSSR count). The van der Waals surface area contributed by atoms with Crippen molar-refractivity contribution in [1.82, 2.24) is 5.32 Å². The van der Waals surface area contributed by atoms with Crippen molar-refractivity contribution < 1.29 is 19.1 Å². The van der Waals surface area contributed by atoms with E-state index in [1.54, 1.807) is 23.1 Å². The number of aryl methyl sites for hydroxylation is 1. The summed E-state index contributed by atoms with van der Waals surface area (Å²) in [4.78, 5) is 28.4. The van der Waals surface area contributed by atoms with Crippen molar-refractivity contribution >= 4 is 17.5 Å². The van der Waals surface area contributed by atoms with Crippen molar-refractivity contribution in [2.24, 2.45) is 0 Å². The highest BCUT2D eigenvalue weighted by molar-refractivity contribution is 6.06. The van der Waals surface area contributed by atoms with Crippen molar-refractivity contribution in [3.63, 3.8) is 0 Å². The summed E-state index contributed by atoms with van der Waals surface area (Å²) >= 11 is 0. The Morgan fingerprint density at radius 2 is 1.61 bits per heavy atom. The lowest BCUT2D eigenvalue weighted by Crippen LogP contribution is -2.31. The Kier molecular flexibility index (Phi) is 7.40. The first-order valence-corrected chi connectivity index (χ1v) is 12.7. The molecule has 6 heteroatoms. The molecular weight excluding hydrogens is 476 g/mol. The number of anilines is 1. The summed E-state index contributed by atoms with van der Waals surface area (Å²) in [6.07, 6.45) is 0.210. The normalized spacial score (nSPS) is 12.6. The van der Waals surface area contributed by atoms with Crippen LogP contribution in [0.3, 0.4) is 0 Å². The predicted molar refractivity (Wildman–Crippen MR) is 147 cm³/mol. The number of hydrogen-bond donors (Lipinski definition) is 1. The monoisotopic (exact) mass is 506 g/mol. The molecule has 0 aliphatic carbocycles. The van der Waals surface area contributed by atoms with Crippen molar-refractivity contribution in [2.75, 3.05) is 11.7 Å². The molecule has 0 radical (unpaired) electrons. The standard InChI is InChI=1S/C32H30N2O4/c1-22-11-13-24(14-12-22)20-34(32(36)27-15-16-29-30(19-27)38-21-37-29)28-10-6-7-25(17-28)18-31(35)33-23(2)26-8-4-3-5-9-26/h3-17,19,23H,18,20-21H2,1-2H3,(H,33,35). The molecule has 2 amide bonds. The van der Waals surface area contributed by atoms with Crippen LogP contribution in [-0.2, 0) is 17.8 Å². The largest absolute Gasteiger partial charge is 0.454 e. The molecule has 0 bridgehead atoms. The fourth-order valence-electron chi connectivity index (χ4n) is 4.48. The van der Waals surface area contributed by atoms with Crippen molar-refractivity contribution in [2.45, 2.75) is 32.9 Å². The number of nitrogens with zero attached hydrogens (tertiary/aromatic N) is 1. The minimum Gasteiger partial charge on any atom is -0.454 e. The molecule has 0 fully saturated rings. The maximum atomic E-state index is 13.8. The van der Waals surface area contributed by atoms with Gasteiger partial charge in [0.2, 0.25) is 12.7 Å². The topological polar surface area (TPSA) is 67.9 Å². The van der Waals surface area contributed by atoms with Crippen molar-refractivity contribution in [3.8, 4) is 11.5 Å². The van der Waals surface area contributed by atoms with E-state index >= 15 is 0 Å². The highest BCUT2D eigenvalue weighted by Gasteiger charge is 2.22. The molecular formula is C32H30N2O4. The molecule has 1 aliphatic rings. The Morgan fingerprint density at radius 3 is 2.39 bits per heavy atom. The highest BCUT2D eigenvalue weighted by atomic mass is 16.7. The van der Waals surface area contributed by atoms with Gasteiger partial charge in [-0.3, -0.25) is 9.59 Å². The summed E-state index contributed by atoms with van der Waals surface area (Å²) in [6.45, 7) is 4.53. The molecule has 4 aromatic rings. The Hall–Kier alpha value is -4.58. The van der Waals surface area contributed by atoms with Gasteiger partial charge in [-0.05, 0) is 60.9 Å². The second-order valence-electron chi connectivity index (χ2n) is 9.49. The number of carbonyl (C=O) groups is 2. The lowest BCUT2D eigenvalue weighted by Gasteiger charge is -2.24. The summed E-state index contributed by atoms with van der Waals surface area (Å²) in [5.41, 5.74) is 5.25. The van der Waals surface area contributed by atoms with E-state index in [2.05, 4.69) is 5.32 Å². The molecule has 1 N–H and O–H groups in total. The summed E-state index contributed by atoms with van der Waals surface area (Å²) in [5.74, 6) is 0.947. The van der Waals surface area contributed by atoms with Crippen LogP contribution in [0.5, 0.6) is 11.5 Å². The van der Waals surface area contributed by atoms with Crippen LogP contribution in [-0.4, -0.2) is 18.6 Å². The summed E-state index contributed by atoms with van der Waals surface area (Å²) in [5, 5.41) is 3.07. The molecule has 38 heavy (non-hydrogen) atoms. The molecule has 0 spiro atoms. The Balaban J connectivity index is 1.38. The third kappa shape index (κ3) is 5.86. The third-order valence-electron chi connectivity index (χ3n) is 6.59. The number of nitrogens with one attached hydrogen (secondary N) is 1. The summed E-state index contributed by atoms with van der Waals surface area (Å²) in [6, 6.07) is 30.7. The number of benzene rings is 4. The molecule has 0 saturated carbocycles. The molecule has 1 aliphatic heterocycles. The van der Waals surface area contributed by atoms with E-state index in [-0.39, 0.29) is 31.1 Å². The first kappa shape index (κ1) is 25.1. The van der Waals surface area contributed by atoms with E-state index in [4.69, 9.17) is 9.47 Å². The average molecular weight is 507 g/mol. The fourth-order valence-corrected chi connectivity index (χ4v) is 4.48. The SMILES string of the molecule is Cc1ccc(CN(C(=O)c2ccc3c(c2)OCO3)c2cccc(CC(=O)NC(C)c3ccccc3)c2)cc1. The molecule has 1 heterocycles. The van der Waals surface area contributed by atoms with Crippen LogP contribution < -0.4 is 19.7 Å². The maximum Gasteiger partial charge on any atom is 0.258 e. The first-order valence-electron chi connectivity index (χ1n) is 12.7. The lowest BCUT2D eigenvalue weighted by atomic mass is 10.1. The Morgan fingerprint density at radius 1 is 0.842 bits per heavy atom. The van der Waals surface area contributed by atoms with Crippen LogP contribution in [0, 0.1) is 6.92 Å². The summed E-state index contributed by atoms with van der Waals surface area (Å²) in [7, 11) is 0. The zero-order valence-corrected chi connectivity index (χ0v) is 21.5. The van der Waals surface area contributed by atoms with Crippen LogP contribution in [0.4, 0.5) is 5.69 Å². The average Bonchev–Trinajstić information content (AvgIpc) is 3.41. The number of ether oxygens (including phenoxy) is 2. The second kappa shape index (κ2) is 11.2. The minimum absolute atomic E-state index is 0.0781. The molecule has 192 valence electrons. The zero-order valence-electron chi connectivity index (χ0n) is 21.5. The second-order valence-corrected chi connectivity index (χ2v) is 9.49. The molecule has 1 atom stereocenters. The van der Waals surface area contributed by atoms with Gasteiger partial charge in [-0.2, -0.15) is 0 Å². The van der Waals surface area contributed by atoms with Crippen LogP contribution >= 0.6 is 0 Å².